The van der Waals surface area contributed by atoms with Crippen LogP contribution in [0.2, 0.25) is 0 Å². The van der Waals surface area contributed by atoms with E-state index in [9.17, 15) is 4.39 Å². The quantitative estimate of drug-likeness (QED) is 0.746. The highest BCUT2D eigenvalue weighted by Gasteiger charge is 2.11. The number of halogens is 2. The molecule has 15 heavy (non-hydrogen) atoms. The Labute approximate surface area is 95.1 Å². The highest BCUT2D eigenvalue weighted by atomic mass is 79.9. The van der Waals surface area contributed by atoms with E-state index in [2.05, 4.69) is 26.0 Å². The van der Waals surface area contributed by atoms with E-state index in [-0.39, 0.29) is 0 Å². The standard InChI is InChI=1S/C10H9BrFN3/c1-6-10(11)7(2)15(14-6)9-5-3-4-8(12)13-9/h3-5H,1-2H3. The molecule has 0 N–H and O–H groups in total. The summed E-state index contributed by atoms with van der Waals surface area (Å²) >= 11 is 3.41. The Morgan fingerprint density at radius 1 is 1.33 bits per heavy atom. The molecule has 5 heteroatoms. The minimum atomic E-state index is -0.504. The molecule has 0 aliphatic heterocycles. The van der Waals surface area contributed by atoms with Crippen LogP contribution in [0, 0.1) is 19.8 Å². The SMILES string of the molecule is Cc1nn(-c2cccc(F)n2)c(C)c1Br. The summed E-state index contributed by atoms with van der Waals surface area (Å²) < 4.78 is 15.5. The zero-order valence-electron chi connectivity index (χ0n) is 8.33. The second-order valence-electron chi connectivity index (χ2n) is 3.22. The van der Waals surface area contributed by atoms with Crippen molar-refractivity contribution in [3.05, 3.63) is 40.0 Å². The van der Waals surface area contributed by atoms with Crippen LogP contribution >= 0.6 is 15.9 Å². The van der Waals surface area contributed by atoms with Gasteiger partial charge in [0.15, 0.2) is 5.82 Å². The minimum Gasteiger partial charge on any atom is -0.218 e. The van der Waals surface area contributed by atoms with E-state index >= 15 is 0 Å². The van der Waals surface area contributed by atoms with E-state index < -0.39 is 5.95 Å². The van der Waals surface area contributed by atoms with Crippen molar-refractivity contribution in [1.29, 1.82) is 0 Å². The molecule has 0 amide bonds. The summed E-state index contributed by atoms with van der Waals surface area (Å²) in [4.78, 5) is 3.77. The number of rotatable bonds is 1. The van der Waals surface area contributed by atoms with Crippen molar-refractivity contribution >= 4 is 15.9 Å². The van der Waals surface area contributed by atoms with Gasteiger partial charge in [0.25, 0.3) is 0 Å². The van der Waals surface area contributed by atoms with Gasteiger partial charge in [-0.25, -0.2) is 9.67 Å². The topological polar surface area (TPSA) is 30.7 Å². The third-order valence-electron chi connectivity index (χ3n) is 2.12. The molecule has 0 aliphatic rings. The fourth-order valence-corrected chi connectivity index (χ4v) is 1.61. The molecule has 0 saturated heterocycles. The fourth-order valence-electron chi connectivity index (χ4n) is 1.36. The van der Waals surface area contributed by atoms with Crippen molar-refractivity contribution in [2.45, 2.75) is 13.8 Å². The third-order valence-corrected chi connectivity index (χ3v) is 3.27. The molecule has 0 aliphatic carbocycles. The van der Waals surface area contributed by atoms with Crippen molar-refractivity contribution in [2.75, 3.05) is 0 Å². The number of aryl methyl sites for hydroxylation is 1. The number of hydrogen-bond donors (Lipinski definition) is 0. The molecule has 2 aromatic heterocycles. The lowest BCUT2D eigenvalue weighted by molar-refractivity contribution is 0.576. The van der Waals surface area contributed by atoms with E-state index in [4.69, 9.17) is 0 Å². The molecule has 0 bridgehead atoms. The van der Waals surface area contributed by atoms with Gasteiger partial charge < -0.3 is 0 Å². The molecule has 0 saturated carbocycles. The summed E-state index contributed by atoms with van der Waals surface area (Å²) in [6.45, 7) is 3.78. The predicted molar refractivity (Wildman–Crippen MR) is 58.5 cm³/mol. The predicted octanol–water partition coefficient (Wildman–Crippen LogP) is 2.79. The number of pyridine rings is 1. The van der Waals surface area contributed by atoms with E-state index in [0.717, 1.165) is 15.9 Å². The van der Waals surface area contributed by atoms with Crippen LogP contribution in [0.4, 0.5) is 4.39 Å². The first-order valence-corrected chi connectivity index (χ1v) is 5.23. The minimum absolute atomic E-state index is 0.487. The Balaban J connectivity index is 2.59. The summed E-state index contributed by atoms with van der Waals surface area (Å²) in [6, 6.07) is 4.64. The molecule has 2 rings (SSSR count). The Kier molecular flexibility index (Phi) is 2.56. The van der Waals surface area contributed by atoms with Gasteiger partial charge in [-0.05, 0) is 41.9 Å². The lowest BCUT2D eigenvalue weighted by Crippen LogP contribution is -2.02. The molecule has 0 fully saturated rings. The maximum Gasteiger partial charge on any atom is 0.214 e. The molecule has 0 atom stereocenters. The van der Waals surface area contributed by atoms with Crippen molar-refractivity contribution in [1.82, 2.24) is 14.8 Å². The molecule has 78 valence electrons. The van der Waals surface area contributed by atoms with Crippen LogP contribution in [0.25, 0.3) is 5.82 Å². The smallest absolute Gasteiger partial charge is 0.214 e. The molecular weight excluding hydrogens is 261 g/mol. The van der Waals surface area contributed by atoms with E-state index in [0.29, 0.717) is 5.82 Å². The summed E-state index contributed by atoms with van der Waals surface area (Å²) in [5.74, 6) is -0.0162. The first-order chi connectivity index (χ1) is 7.09. The molecule has 0 radical (unpaired) electrons. The summed E-state index contributed by atoms with van der Waals surface area (Å²) in [5, 5.41) is 4.26. The summed E-state index contributed by atoms with van der Waals surface area (Å²) in [5.41, 5.74) is 1.77. The van der Waals surface area contributed by atoms with Crippen LogP contribution < -0.4 is 0 Å². The largest absolute Gasteiger partial charge is 0.218 e. The fraction of sp³-hybridized carbons (Fsp3) is 0.200. The van der Waals surface area contributed by atoms with Crippen molar-refractivity contribution in [2.24, 2.45) is 0 Å². The van der Waals surface area contributed by atoms with Crippen molar-refractivity contribution < 1.29 is 4.39 Å². The maximum atomic E-state index is 12.9. The van der Waals surface area contributed by atoms with Gasteiger partial charge >= 0.3 is 0 Å². The van der Waals surface area contributed by atoms with E-state index in [1.165, 1.54) is 6.07 Å². The average molecular weight is 270 g/mol. The molecule has 3 nitrogen and oxygen atoms in total. The Bertz CT molecular complexity index is 507. The average Bonchev–Trinajstić information content (AvgIpc) is 2.46. The number of hydrogen-bond acceptors (Lipinski definition) is 2. The number of aromatic nitrogens is 3. The van der Waals surface area contributed by atoms with Gasteiger partial charge in [0.2, 0.25) is 5.95 Å². The lowest BCUT2D eigenvalue weighted by atomic mass is 10.4. The van der Waals surface area contributed by atoms with Gasteiger partial charge in [0.05, 0.1) is 15.9 Å². The Morgan fingerprint density at radius 3 is 2.60 bits per heavy atom. The van der Waals surface area contributed by atoms with Gasteiger partial charge in [-0.3, -0.25) is 0 Å². The summed E-state index contributed by atoms with van der Waals surface area (Å²) in [7, 11) is 0. The molecule has 2 heterocycles. The highest BCUT2D eigenvalue weighted by Crippen LogP contribution is 2.21. The molecule has 2 aromatic rings. The van der Waals surface area contributed by atoms with E-state index in [1.54, 1.807) is 16.8 Å². The Hall–Kier alpha value is -1.23. The number of nitrogens with zero attached hydrogens (tertiary/aromatic N) is 3. The van der Waals surface area contributed by atoms with Gasteiger partial charge in [-0.1, -0.05) is 6.07 Å². The molecule has 0 spiro atoms. The van der Waals surface area contributed by atoms with Crippen LogP contribution in [0.1, 0.15) is 11.4 Å². The van der Waals surface area contributed by atoms with Crippen LogP contribution in [0.3, 0.4) is 0 Å². The third kappa shape index (κ3) is 1.79. The summed E-state index contributed by atoms with van der Waals surface area (Å²) in [6.07, 6.45) is 0. The van der Waals surface area contributed by atoms with Gasteiger partial charge in [-0.2, -0.15) is 9.49 Å². The monoisotopic (exact) mass is 269 g/mol. The van der Waals surface area contributed by atoms with Crippen molar-refractivity contribution in [3.8, 4) is 5.82 Å². The lowest BCUT2D eigenvalue weighted by Gasteiger charge is -2.02. The zero-order valence-corrected chi connectivity index (χ0v) is 9.92. The van der Waals surface area contributed by atoms with Gasteiger partial charge in [0, 0.05) is 0 Å². The highest BCUT2D eigenvalue weighted by molar-refractivity contribution is 9.10. The first-order valence-electron chi connectivity index (χ1n) is 4.44. The molecule has 0 unspecified atom stereocenters. The molecular formula is C10H9BrFN3. The van der Waals surface area contributed by atoms with Crippen LogP contribution in [0.15, 0.2) is 22.7 Å². The zero-order chi connectivity index (χ0) is 11.0. The van der Waals surface area contributed by atoms with E-state index in [1.807, 2.05) is 13.8 Å². The van der Waals surface area contributed by atoms with Crippen LogP contribution in [0.5, 0.6) is 0 Å². The second kappa shape index (κ2) is 3.73. The Morgan fingerprint density at radius 2 is 2.07 bits per heavy atom. The van der Waals surface area contributed by atoms with Gasteiger partial charge in [-0.15, -0.1) is 0 Å². The maximum absolute atomic E-state index is 12.9. The van der Waals surface area contributed by atoms with Crippen LogP contribution in [-0.2, 0) is 0 Å². The van der Waals surface area contributed by atoms with Gasteiger partial charge in [0.1, 0.15) is 0 Å². The normalized spacial score (nSPS) is 10.7. The first kappa shape index (κ1) is 10.3. The van der Waals surface area contributed by atoms with Crippen LogP contribution in [-0.4, -0.2) is 14.8 Å². The van der Waals surface area contributed by atoms with Crippen molar-refractivity contribution in [3.63, 3.8) is 0 Å². The molecule has 0 aromatic carbocycles. The second-order valence-corrected chi connectivity index (χ2v) is 4.01.